The Bertz CT molecular complexity index is 564. The van der Waals surface area contributed by atoms with Crippen LogP contribution < -0.4 is 0 Å². The molecule has 0 aliphatic carbocycles. The van der Waals surface area contributed by atoms with Gasteiger partial charge in [0.1, 0.15) is 0 Å². The first kappa shape index (κ1) is 13.0. The number of rotatable bonds is 3. The van der Waals surface area contributed by atoms with Crippen molar-refractivity contribution < 1.29 is 0 Å². The molecular formula is C16H19NS. The summed E-state index contributed by atoms with van der Waals surface area (Å²) in [5, 5.41) is 2.17. The molecule has 2 aromatic heterocycles. The SMILES string of the molecule is C/C=C\c1ncc(-c2sccc2C(C)C)cc1C. The molecule has 0 radical (unpaired) electrons. The van der Waals surface area contributed by atoms with Crippen LogP contribution in [0.1, 0.15) is 43.5 Å². The van der Waals surface area contributed by atoms with Crippen molar-refractivity contribution in [3.8, 4) is 10.4 Å². The Morgan fingerprint density at radius 1 is 1.33 bits per heavy atom. The van der Waals surface area contributed by atoms with E-state index >= 15 is 0 Å². The van der Waals surface area contributed by atoms with Crippen LogP contribution in [0.3, 0.4) is 0 Å². The fourth-order valence-corrected chi connectivity index (χ4v) is 3.09. The molecule has 0 spiro atoms. The minimum Gasteiger partial charge on any atom is -0.256 e. The molecule has 0 saturated carbocycles. The molecule has 2 heteroatoms. The van der Waals surface area contributed by atoms with Gasteiger partial charge in [0.15, 0.2) is 0 Å². The Morgan fingerprint density at radius 2 is 2.11 bits per heavy atom. The molecule has 0 saturated heterocycles. The summed E-state index contributed by atoms with van der Waals surface area (Å²) in [5.74, 6) is 0.557. The summed E-state index contributed by atoms with van der Waals surface area (Å²) in [5.41, 5.74) is 4.94. The lowest BCUT2D eigenvalue weighted by atomic mass is 10.0. The number of thiophene rings is 1. The summed E-state index contributed by atoms with van der Waals surface area (Å²) < 4.78 is 0. The Balaban J connectivity index is 2.46. The molecule has 2 rings (SSSR count). The van der Waals surface area contributed by atoms with E-state index in [4.69, 9.17) is 0 Å². The van der Waals surface area contributed by atoms with Gasteiger partial charge in [-0.25, -0.2) is 0 Å². The molecular weight excluding hydrogens is 238 g/mol. The van der Waals surface area contributed by atoms with Gasteiger partial charge in [0, 0.05) is 16.6 Å². The van der Waals surface area contributed by atoms with Crippen LogP contribution in [0.15, 0.2) is 29.8 Å². The molecule has 2 heterocycles. The molecule has 0 aliphatic heterocycles. The smallest absolute Gasteiger partial charge is 0.0655 e. The molecule has 1 nitrogen and oxygen atoms in total. The zero-order valence-corrected chi connectivity index (χ0v) is 12.2. The average molecular weight is 257 g/mol. The molecule has 0 amide bonds. The molecule has 0 atom stereocenters. The maximum atomic E-state index is 4.54. The lowest BCUT2D eigenvalue weighted by Gasteiger charge is -2.08. The van der Waals surface area contributed by atoms with E-state index in [1.165, 1.54) is 21.6 Å². The lowest BCUT2D eigenvalue weighted by Crippen LogP contribution is -1.91. The second-order valence-electron chi connectivity index (χ2n) is 4.79. The van der Waals surface area contributed by atoms with E-state index < -0.39 is 0 Å². The largest absolute Gasteiger partial charge is 0.256 e. The van der Waals surface area contributed by atoms with E-state index in [9.17, 15) is 0 Å². The minimum atomic E-state index is 0.557. The van der Waals surface area contributed by atoms with Crippen LogP contribution in [0.25, 0.3) is 16.5 Å². The highest BCUT2D eigenvalue weighted by molar-refractivity contribution is 7.13. The van der Waals surface area contributed by atoms with Crippen LogP contribution in [0.2, 0.25) is 0 Å². The Labute approximate surface area is 113 Å². The normalized spacial score (nSPS) is 11.6. The van der Waals surface area contributed by atoms with Crippen molar-refractivity contribution >= 4 is 17.4 Å². The summed E-state index contributed by atoms with van der Waals surface area (Å²) in [6, 6.07) is 4.46. The maximum absolute atomic E-state index is 4.54. The molecule has 0 aromatic carbocycles. The van der Waals surface area contributed by atoms with Gasteiger partial charge in [-0.05, 0) is 54.5 Å². The van der Waals surface area contributed by atoms with Gasteiger partial charge in [0.05, 0.1) is 5.69 Å². The number of hydrogen-bond acceptors (Lipinski definition) is 2. The topological polar surface area (TPSA) is 12.9 Å². The molecule has 0 fully saturated rings. The third-order valence-electron chi connectivity index (χ3n) is 3.02. The van der Waals surface area contributed by atoms with Gasteiger partial charge in [-0.1, -0.05) is 19.9 Å². The summed E-state index contributed by atoms with van der Waals surface area (Å²) in [4.78, 5) is 5.90. The monoisotopic (exact) mass is 257 g/mol. The number of aryl methyl sites for hydroxylation is 1. The third kappa shape index (κ3) is 2.54. The van der Waals surface area contributed by atoms with Crippen LogP contribution in [-0.2, 0) is 0 Å². The molecule has 94 valence electrons. The summed E-state index contributed by atoms with van der Waals surface area (Å²) >= 11 is 1.80. The van der Waals surface area contributed by atoms with Gasteiger partial charge in [-0.2, -0.15) is 0 Å². The first-order valence-electron chi connectivity index (χ1n) is 6.30. The van der Waals surface area contributed by atoms with Crippen LogP contribution in [0.5, 0.6) is 0 Å². The van der Waals surface area contributed by atoms with Crippen molar-refractivity contribution in [3.05, 3.63) is 46.6 Å². The molecule has 18 heavy (non-hydrogen) atoms. The minimum absolute atomic E-state index is 0.557. The van der Waals surface area contributed by atoms with Gasteiger partial charge in [-0.15, -0.1) is 11.3 Å². The summed E-state index contributed by atoms with van der Waals surface area (Å²) in [6.07, 6.45) is 6.07. The molecule has 2 aromatic rings. The van der Waals surface area contributed by atoms with Crippen molar-refractivity contribution in [2.45, 2.75) is 33.6 Å². The van der Waals surface area contributed by atoms with E-state index in [2.05, 4.69) is 49.3 Å². The van der Waals surface area contributed by atoms with Gasteiger partial charge in [0.2, 0.25) is 0 Å². The van der Waals surface area contributed by atoms with Crippen LogP contribution in [0, 0.1) is 6.92 Å². The highest BCUT2D eigenvalue weighted by atomic mass is 32.1. The second kappa shape index (κ2) is 5.49. The summed E-state index contributed by atoms with van der Waals surface area (Å²) in [6.45, 7) is 8.61. The predicted octanol–water partition coefficient (Wildman–Crippen LogP) is 5.28. The number of hydrogen-bond donors (Lipinski definition) is 0. The average Bonchev–Trinajstić information content (AvgIpc) is 2.81. The molecule has 0 aliphatic rings. The number of allylic oxidation sites excluding steroid dienone is 1. The van der Waals surface area contributed by atoms with Crippen molar-refractivity contribution in [2.24, 2.45) is 0 Å². The number of aromatic nitrogens is 1. The Morgan fingerprint density at radius 3 is 2.72 bits per heavy atom. The highest BCUT2D eigenvalue weighted by Crippen LogP contribution is 2.34. The third-order valence-corrected chi connectivity index (χ3v) is 4.00. The highest BCUT2D eigenvalue weighted by Gasteiger charge is 2.11. The van der Waals surface area contributed by atoms with E-state index in [1.807, 2.05) is 19.2 Å². The Kier molecular flexibility index (Phi) is 3.97. The van der Waals surface area contributed by atoms with Crippen LogP contribution in [-0.4, -0.2) is 4.98 Å². The number of pyridine rings is 1. The first-order chi connectivity index (χ1) is 8.63. The van der Waals surface area contributed by atoms with Crippen molar-refractivity contribution in [2.75, 3.05) is 0 Å². The van der Waals surface area contributed by atoms with Gasteiger partial charge >= 0.3 is 0 Å². The quantitative estimate of drug-likeness (QED) is 0.729. The lowest BCUT2D eigenvalue weighted by molar-refractivity contribution is 0.874. The molecule has 0 N–H and O–H groups in total. The van der Waals surface area contributed by atoms with Crippen LogP contribution in [0.4, 0.5) is 0 Å². The fourth-order valence-electron chi connectivity index (χ4n) is 2.05. The zero-order chi connectivity index (χ0) is 13.1. The summed E-state index contributed by atoms with van der Waals surface area (Å²) in [7, 11) is 0. The zero-order valence-electron chi connectivity index (χ0n) is 11.4. The van der Waals surface area contributed by atoms with Gasteiger partial charge < -0.3 is 0 Å². The van der Waals surface area contributed by atoms with E-state index in [0.29, 0.717) is 5.92 Å². The fraction of sp³-hybridized carbons (Fsp3) is 0.312. The Hall–Kier alpha value is -1.41. The second-order valence-corrected chi connectivity index (χ2v) is 5.70. The van der Waals surface area contributed by atoms with Crippen LogP contribution >= 0.6 is 11.3 Å². The van der Waals surface area contributed by atoms with Crippen molar-refractivity contribution in [1.82, 2.24) is 4.98 Å². The number of nitrogens with zero attached hydrogens (tertiary/aromatic N) is 1. The van der Waals surface area contributed by atoms with E-state index in [0.717, 1.165) is 5.69 Å². The van der Waals surface area contributed by atoms with Gasteiger partial charge in [-0.3, -0.25) is 4.98 Å². The van der Waals surface area contributed by atoms with Crippen molar-refractivity contribution in [1.29, 1.82) is 0 Å². The molecule has 0 bridgehead atoms. The van der Waals surface area contributed by atoms with Crippen molar-refractivity contribution in [3.63, 3.8) is 0 Å². The standard InChI is InChI=1S/C16H19NS/c1-5-6-15-12(4)9-13(10-17-15)16-14(11(2)3)7-8-18-16/h5-11H,1-4H3/b6-5-. The predicted molar refractivity (Wildman–Crippen MR) is 81.1 cm³/mol. The first-order valence-corrected chi connectivity index (χ1v) is 7.18. The van der Waals surface area contributed by atoms with E-state index in [-0.39, 0.29) is 0 Å². The molecule has 0 unspecified atom stereocenters. The van der Waals surface area contributed by atoms with Gasteiger partial charge in [0.25, 0.3) is 0 Å². The van der Waals surface area contributed by atoms with E-state index in [1.54, 1.807) is 11.3 Å². The maximum Gasteiger partial charge on any atom is 0.0655 e.